The highest BCUT2D eigenvalue weighted by molar-refractivity contribution is 7.91. The van der Waals surface area contributed by atoms with Gasteiger partial charge in [0.25, 0.3) is 0 Å². The van der Waals surface area contributed by atoms with Gasteiger partial charge in [-0.3, -0.25) is 9.80 Å². The first-order valence-corrected chi connectivity index (χ1v) is 12.3. The van der Waals surface area contributed by atoms with Crippen molar-refractivity contribution in [3.8, 4) is 0 Å². The lowest BCUT2D eigenvalue weighted by Crippen LogP contribution is -2.40. The minimum Gasteiger partial charge on any atom is -0.385 e. The molecule has 0 aromatic carbocycles. The second-order valence-corrected chi connectivity index (χ2v) is 10.3. The Hall–Kier alpha value is -1.000. The van der Waals surface area contributed by atoms with Crippen molar-refractivity contribution in [2.45, 2.75) is 55.6 Å². The molecule has 0 radical (unpaired) electrons. The molecule has 9 heteroatoms. The summed E-state index contributed by atoms with van der Waals surface area (Å²) in [5, 5.41) is -0.0324. The number of rotatable bonds is 11. The molecule has 8 nitrogen and oxygen atoms in total. The van der Waals surface area contributed by atoms with E-state index in [4.69, 9.17) is 9.47 Å². The molecule has 0 bridgehead atoms. The van der Waals surface area contributed by atoms with Crippen molar-refractivity contribution in [3.63, 3.8) is 0 Å². The highest BCUT2D eigenvalue weighted by atomic mass is 32.2. The number of sulfone groups is 1. The summed E-state index contributed by atoms with van der Waals surface area (Å²) in [6.45, 7) is 7.38. The molecule has 0 atom stereocenters. The Morgan fingerprint density at radius 3 is 2.66 bits per heavy atom. The zero-order chi connectivity index (χ0) is 20.7. The van der Waals surface area contributed by atoms with E-state index >= 15 is 0 Å². The number of aromatic nitrogens is 2. The standard InChI is InChI=1S/C20H36N4O4S/c1-22(9-10-23-11-14-28-15-12-23)17-18-16-21-20(24(18)8-5-13-27-2)29(25,26)19-6-3-4-7-19/h16,19H,3-15,17H2,1-2H3. The van der Waals surface area contributed by atoms with E-state index in [-0.39, 0.29) is 10.4 Å². The van der Waals surface area contributed by atoms with Crippen LogP contribution >= 0.6 is 0 Å². The van der Waals surface area contributed by atoms with Gasteiger partial charge in [-0.25, -0.2) is 13.4 Å². The van der Waals surface area contributed by atoms with Crippen molar-refractivity contribution in [3.05, 3.63) is 11.9 Å². The first kappa shape index (κ1) is 22.7. The third-order valence-electron chi connectivity index (χ3n) is 5.96. The summed E-state index contributed by atoms with van der Waals surface area (Å²) in [6, 6.07) is 0. The fourth-order valence-corrected chi connectivity index (χ4v) is 6.16. The fourth-order valence-electron chi connectivity index (χ4n) is 4.19. The van der Waals surface area contributed by atoms with Crippen molar-refractivity contribution in [1.82, 2.24) is 19.4 Å². The molecule has 166 valence electrons. The molecule has 2 heterocycles. The van der Waals surface area contributed by atoms with Crippen LogP contribution in [-0.4, -0.2) is 93.2 Å². The van der Waals surface area contributed by atoms with Crippen molar-refractivity contribution < 1.29 is 17.9 Å². The number of likely N-dealkylation sites (N-methyl/N-ethyl adjacent to an activating group) is 1. The summed E-state index contributed by atoms with van der Waals surface area (Å²) in [4.78, 5) is 9.04. The van der Waals surface area contributed by atoms with E-state index in [1.54, 1.807) is 13.3 Å². The van der Waals surface area contributed by atoms with Gasteiger partial charge in [0.05, 0.1) is 30.4 Å². The quantitative estimate of drug-likeness (QED) is 0.493. The fraction of sp³-hybridized carbons (Fsp3) is 0.850. The third-order valence-corrected chi connectivity index (χ3v) is 8.14. The maximum absolute atomic E-state index is 13.2. The number of hydrogen-bond acceptors (Lipinski definition) is 7. The Morgan fingerprint density at radius 1 is 1.24 bits per heavy atom. The predicted molar refractivity (Wildman–Crippen MR) is 112 cm³/mol. The molecular weight excluding hydrogens is 392 g/mol. The van der Waals surface area contributed by atoms with Gasteiger partial charge in [-0.15, -0.1) is 0 Å². The number of nitrogens with zero attached hydrogens (tertiary/aromatic N) is 4. The van der Waals surface area contributed by atoms with E-state index in [0.29, 0.717) is 19.7 Å². The maximum Gasteiger partial charge on any atom is 0.228 e. The van der Waals surface area contributed by atoms with Crippen molar-refractivity contribution in [1.29, 1.82) is 0 Å². The van der Waals surface area contributed by atoms with E-state index < -0.39 is 9.84 Å². The van der Waals surface area contributed by atoms with Crippen LogP contribution in [-0.2, 0) is 32.4 Å². The lowest BCUT2D eigenvalue weighted by molar-refractivity contribution is 0.0341. The summed E-state index contributed by atoms with van der Waals surface area (Å²) in [5.41, 5.74) is 0.960. The molecule has 1 aromatic rings. The maximum atomic E-state index is 13.2. The zero-order valence-corrected chi connectivity index (χ0v) is 18.7. The Bertz CT molecular complexity index is 725. The Labute approximate surface area is 175 Å². The molecule has 1 saturated carbocycles. The molecule has 1 aromatic heterocycles. The van der Waals surface area contributed by atoms with Crippen molar-refractivity contribution in [2.75, 3.05) is 60.2 Å². The highest BCUT2D eigenvalue weighted by Gasteiger charge is 2.34. The van der Waals surface area contributed by atoms with Gasteiger partial charge in [-0.1, -0.05) is 12.8 Å². The molecule has 1 aliphatic carbocycles. The Balaban J connectivity index is 1.68. The van der Waals surface area contributed by atoms with Crippen LogP contribution in [0.3, 0.4) is 0 Å². The predicted octanol–water partition coefficient (Wildman–Crippen LogP) is 1.40. The van der Waals surface area contributed by atoms with Gasteiger partial charge >= 0.3 is 0 Å². The second-order valence-electron chi connectivity index (χ2n) is 8.17. The van der Waals surface area contributed by atoms with Gasteiger partial charge in [0.15, 0.2) is 0 Å². The van der Waals surface area contributed by atoms with Gasteiger partial charge in [0.2, 0.25) is 15.0 Å². The number of imidazole rings is 1. The van der Waals surface area contributed by atoms with Crippen molar-refractivity contribution in [2.24, 2.45) is 0 Å². The van der Waals surface area contributed by atoms with E-state index in [9.17, 15) is 8.42 Å². The molecule has 2 aliphatic rings. The third kappa shape index (κ3) is 6.01. The van der Waals surface area contributed by atoms with Crippen LogP contribution in [0.1, 0.15) is 37.8 Å². The molecule has 0 spiro atoms. The van der Waals surface area contributed by atoms with E-state index in [1.807, 2.05) is 4.57 Å². The number of methoxy groups -OCH3 is 1. The van der Waals surface area contributed by atoms with Gasteiger partial charge in [0, 0.05) is 53.0 Å². The second kappa shape index (κ2) is 10.9. The van der Waals surface area contributed by atoms with Crippen LogP contribution in [0, 0.1) is 0 Å². The first-order valence-electron chi connectivity index (χ1n) is 10.8. The molecule has 0 N–H and O–H groups in total. The summed E-state index contributed by atoms with van der Waals surface area (Å²) < 4.78 is 38.9. The average Bonchev–Trinajstić information content (AvgIpc) is 3.39. The van der Waals surface area contributed by atoms with Crippen LogP contribution in [0.2, 0.25) is 0 Å². The molecule has 2 fully saturated rings. The lowest BCUT2D eigenvalue weighted by atomic mass is 10.3. The number of morpholine rings is 1. The summed E-state index contributed by atoms with van der Waals surface area (Å²) in [7, 11) is 0.372. The molecule has 1 aliphatic heterocycles. The largest absolute Gasteiger partial charge is 0.385 e. The molecule has 0 unspecified atom stereocenters. The molecular formula is C20H36N4O4S. The van der Waals surface area contributed by atoms with Gasteiger partial charge < -0.3 is 14.0 Å². The molecule has 3 rings (SSSR count). The highest BCUT2D eigenvalue weighted by Crippen LogP contribution is 2.29. The molecule has 0 amide bonds. The zero-order valence-electron chi connectivity index (χ0n) is 17.9. The average molecular weight is 429 g/mol. The van der Waals surface area contributed by atoms with Crippen LogP contribution in [0.25, 0.3) is 0 Å². The van der Waals surface area contributed by atoms with E-state index in [2.05, 4.69) is 21.8 Å². The topological polar surface area (TPSA) is 76.9 Å². The van der Waals surface area contributed by atoms with Crippen LogP contribution in [0.15, 0.2) is 11.4 Å². The summed E-state index contributed by atoms with van der Waals surface area (Å²) in [6.07, 6.45) is 6.01. The monoisotopic (exact) mass is 428 g/mol. The normalized spacial score (nSPS) is 19.4. The summed E-state index contributed by atoms with van der Waals surface area (Å²) >= 11 is 0. The van der Waals surface area contributed by atoms with Gasteiger partial charge in [-0.05, 0) is 26.3 Å². The molecule has 29 heavy (non-hydrogen) atoms. The minimum absolute atomic E-state index is 0.247. The van der Waals surface area contributed by atoms with Crippen molar-refractivity contribution >= 4 is 9.84 Å². The van der Waals surface area contributed by atoms with E-state index in [0.717, 1.165) is 77.2 Å². The smallest absolute Gasteiger partial charge is 0.228 e. The Kier molecular flexibility index (Phi) is 8.49. The number of ether oxygens (including phenoxy) is 2. The summed E-state index contributed by atoms with van der Waals surface area (Å²) in [5.74, 6) is 0. The number of hydrogen-bond donors (Lipinski definition) is 0. The van der Waals surface area contributed by atoms with Crippen LogP contribution in [0.5, 0.6) is 0 Å². The van der Waals surface area contributed by atoms with E-state index in [1.165, 1.54) is 0 Å². The lowest BCUT2D eigenvalue weighted by Gasteiger charge is -2.28. The SMILES string of the molecule is COCCCn1c(CN(C)CCN2CCOCC2)cnc1S(=O)(=O)C1CCCC1. The molecule has 1 saturated heterocycles. The van der Waals surface area contributed by atoms with Gasteiger partial charge in [0.1, 0.15) is 0 Å². The van der Waals surface area contributed by atoms with Crippen LogP contribution < -0.4 is 0 Å². The minimum atomic E-state index is -3.38. The van der Waals surface area contributed by atoms with Crippen LogP contribution in [0.4, 0.5) is 0 Å². The first-order chi connectivity index (χ1) is 14.0. The Morgan fingerprint density at radius 2 is 1.97 bits per heavy atom. The van der Waals surface area contributed by atoms with Gasteiger partial charge in [-0.2, -0.15) is 0 Å².